The summed E-state index contributed by atoms with van der Waals surface area (Å²) in [5.74, 6) is -0.373. The average molecular weight is 435 g/mol. The third-order valence-electron chi connectivity index (χ3n) is 3.19. The minimum atomic E-state index is -0.373. The van der Waals surface area contributed by atoms with Gasteiger partial charge in [0.25, 0.3) is 0 Å². The van der Waals surface area contributed by atoms with E-state index in [2.05, 4.69) is 39.1 Å². The summed E-state index contributed by atoms with van der Waals surface area (Å²) in [6.45, 7) is 2.14. The second kappa shape index (κ2) is 7.26. The van der Waals surface area contributed by atoms with E-state index in [-0.39, 0.29) is 20.9 Å². The summed E-state index contributed by atoms with van der Waals surface area (Å²) in [7, 11) is 0. The van der Waals surface area contributed by atoms with Crippen molar-refractivity contribution in [1.29, 1.82) is 0 Å². The number of esters is 1. The van der Waals surface area contributed by atoms with Gasteiger partial charge < -0.3 is 0 Å². The van der Waals surface area contributed by atoms with Gasteiger partial charge in [0.2, 0.25) is 0 Å². The molecular weight excluding hydrogens is 421 g/mol. The first-order valence-electron chi connectivity index (χ1n) is 7.17. The summed E-state index contributed by atoms with van der Waals surface area (Å²) in [6, 6.07) is 18.0. The molecule has 0 saturated carbocycles. The van der Waals surface area contributed by atoms with E-state index in [4.69, 9.17) is 4.74 Å². The number of halogens is 1. The predicted molar refractivity (Wildman–Crippen MR) is 96.9 cm³/mol. The van der Waals surface area contributed by atoms with Gasteiger partial charge in [-0.1, -0.05) is 0 Å². The fraction of sp³-hybridized carbons (Fsp3) is 0.111. The predicted octanol–water partition coefficient (Wildman–Crippen LogP) is 2.83. The molecule has 0 amide bonds. The number of carbonyl (C=O) groups excluding carboxylic acids is 1. The van der Waals surface area contributed by atoms with Gasteiger partial charge in [0.05, 0.1) is 0 Å². The maximum absolute atomic E-state index is 12.1. The Morgan fingerprint density at radius 3 is 2.70 bits per heavy atom. The van der Waals surface area contributed by atoms with Gasteiger partial charge in [-0.05, 0) is 0 Å². The Morgan fingerprint density at radius 1 is 1.17 bits per heavy atom. The van der Waals surface area contributed by atoms with Crippen molar-refractivity contribution in [3.05, 3.63) is 64.8 Å². The van der Waals surface area contributed by atoms with Crippen LogP contribution in [0.25, 0.3) is 10.9 Å². The van der Waals surface area contributed by atoms with Crippen LogP contribution in [0, 0.1) is 0 Å². The molecule has 116 valence electrons. The zero-order chi connectivity index (χ0) is 16.2. The zero-order valence-electron chi connectivity index (χ0n) is 12.5. The van der Waals surface area contributed by atoms with Crippen molar-refractivity contribution in [2.75, 3.05) is 6.61 Å². The third kappa shape index (κ3) is 3.81. The van der Waals surface area contributed by atoms with Crippen molar-refractivity contribution in [2.45, 2.75) is 6.92 Å². The number of pyridine rings is 1. The third-order valence-corrected chi connectivity index (χ3v) is 5.92. The van der Waals surface area contributed by atoms with Crippen molar-refractivity contribution in [1.82, 2.24) is 4.98 Å². The number of rotatable bonds is 4. The van der Waals surface area contributed by atoms with Crippen LogP contribution in [0.4, 0.5) is 0 Å². The minimum absolute atomic E-state index is 0.0878. The van der Waals surface area contributed by atoms with Crippen LogP contribution in [0.15, 0.2) is 59.1 Å². The number of ether oxygens (including phenoxy) is 1. The van der Waals surface area contributed by atoms with Gasteiger partial charge >= 0.3 is 149 Å². The first-order chi connectivity index (χ1) is 11.2. The van der Waals surface area contributed by atoms with E-state index in [0.717, 1.165) is 19.8 Å². The van der Waals surface area contributed by atoms with Crippen molar-refractivity contribution < 1.29 is 9.53 Å². The van der Waals surface area contributed by atoms with Crippen LogP contribution in [0.2, 0.25) is 0 Å². The number of benzene rings is 2. The standard InChI is InChI=1S/C18H14BrNO2Se/c1-2-22-18(21)16-11-17(23-13-6-4-3-5-7-13)14-10-12(19)8-9-15(14)20-16/h3-11H,2H2,1H3. The molecule has 0 saturated heterocycles. The Hall–Kier alpha value is -1.68. The molecule has 0 bridgehead atoms. The van der Waals surface area contributed by atoms with E-state index in [1.165, 1.54) is 4.46 Å². The summed E-state index contributed by atoms with van der Waals surface area (Å²) in [4.78, 5) is 16.5. The van der Waals surface area contributed by atoms with Gasteiger partial charge in [-0.3, -0.25) is 0 Å². The first-order valence-corrected chi connectivity index (χ1v) is 9.68. The molecule has 23 heavy (non-hydrogen) atoms. The molecule has 0 aliphatic carbocycles. The van der Waals surface area contributed by atoms with Crippen LogP contribution in [-0.2, 0) is 4.74 Å². The Kier molecular flexibility index (Phi) is 5.11. The van der Waals surface area contributed by atoms with Crippen molar-refractivity contribution in [2.24, 2.45) is 0 Å². The number of hydrogen-bond donors (Lipinski definition) is 0. The van der Waals surface area contributed by atoms with Crippen LogP contribution in [0.3, 0.4) is 0 Å². The summed E-state index contributed by atoms with van der Waals surface area (Å²) in [5.41, 5.74) is 1.18. The summed E-state index contributed by atoms with van der Waals surface area (Å²) in [6.07, 6.45) is 0. The molecule has 0 unspecified atom stereocenters. The summed E-state index contributed by atoms with van der Waals surface area (Å²) >= 11 is 3.60. The summed E-state index contributed by atoms with van der Waals surface area (Å²) < 4.78 is 8.48. The Morgan fingerprint density at radius 2 is 1.96 bits per heavy atom. The number of aromatic nitrogens is 1. The van der Waals surface area contributed by atoms with Crippen molar-refractivity contribution >= 4 is 56.7 Å². The van der Waals surface area contributed by atoms with Gasteiger partial charge in [-0.2, -0.15) is 0 Å². The molecule has 1 aromatic heterocycles. The second-order valence-corrected chi connectivity index (χ2v) is 8.06. The maximum atomic E-state index is 12.1. The monoisotopic (exact) mass is 435 g/mol. The van der Waals surface area contributed by atoms with E-state index in [0.29, 0.717) is 12.3 Å². The van der Waals surface area contributed by atoms with Crippen LogP contribution >= 0.6 is 15.9 Å². The van der Waals surface area contributed by atoms with Crippen molar-refractivity contribution in [3.8, 4) is 0 Å². The molecule has 0 fully saturated rings. The molecule has 3 rings (SSSR count). The number of nitrogens with zero attached hydrogens (tertiary/aromatic N) is 1. The molecule has 0 atom stereocenters. The van der Waals surface area contributed by atoms with Crippen molar-refractivity contribution in [3.63, 3.8) is 0 Å². The first kappa shape index (κ1) is 16.2. The van der Waals surface area contributed by atoms with E-state index in [1.807, 2.05) is 36.4 Å². The fourth-order valence-corrected chi connectivity index (χ4v) is 4.62. The second-order valence-electron chi connectivity index (χ2n) is 4.80. The molecule has 0 spiro atoms. The quantitative estimate of drug-likeness (QED) is 0.468. The Labute approximate surface area is 149 Å². The molecule has 3 aromatic rings. The van der Waals surface area contributed by atoms with E-state index >= 15 is 0 Å². The average Bonchev–Trinajstić information content (AvgIpc) is 2.56. The SMILES string of the molecule is CCOC(=O)c1cc([Se]c2ccccc2)c2cc(Br)ccc2n1. The zero-order valence-corrected chi connectivity index (χ0v) is 15.8. The van der Waals surface area contributed by atoms with E-state index in [9.17, 15) is 4.79 Å². The van der Waals surface area contributed by atoms with Crippen LogP contribution in [-0.4, -0.2) is 32.5 Å². The normalized spacial score (nSPS) is 10.7. The number of carbonyl (C=O) groups is 1. The van der Waals surface area contributed by atoms with Crippen LogP contribution in [0.5, 0.6) is 0 Å². The molecule has 0 aliphatic rings. The molecule has 0 aliphatic heterocycles. The van der Waals surface area contributed by atoms with E-state index < -0.39 is 0 Å². The van der Waals surface area contributed by atoms with Gasteiger partial charge in [0.15, 0.2) is 0 Å². The van der Waals surface area contributed by atoms with Crippen LogP contribution in [0.1, 0.15) is 17.4 Å². The fourth-order valence-electron chi connectivity index (χ4n) is 2.18. The molecule has 2 aromatic carbocycles. The molecule has 5 heteroatoms. The van der Waals surface area contributed by atoms with E-state index in [1.54, 1.807) is 6.92 Å². The number of fused-ring (bicyclic) bond motifs is 1. The number of hydrogen-bond acceptors (Lipinski definition) is 3. The molecule has 0 N–H and O–H groups in total. The van der Waals surface area contributed by atoms with Gasteiger partial charge in [0, 0.05) is 0 Å². The molecule has 3 nitrogen and oxygen atoms in total. The summed E-state index contributed by atoms with van der Waals surface area (Å²) in [5, 5.41) is 1.07. The molecular formula is C18H14BrNO2Se. The van der Waals surface area contributed by atoms with Gasteiger partial charge in [-0.25, -0.2) is 0 Å². The topological polar surface area (TPSA) is 39.2 Å². The Balaban J connectivity index is 2.12. The molecule has 1 heterocycles. The molecule has 0 radical (unpaired) electrons. The van der Waals surface area contributed by atoms with Gasteiger partial charge in [-0.15, -0.1) is 0 Å². The van der Waals surface area contributed by atoms with Crippen LogP contribution < -0.4 is 8.92 Å². The van der Waals surface area contributed by atoms with Gasteiger partial charge in [0.1, 0.15) is 0 Å². The Bertz CT molecular complexity index is 852.